The Morgan fingerprint density at radius 2 is 2.04 bits per heavy atom. The smallest absolute Gasteiger partial charge is 0.293 e. The first-order valence-corrected chi connectivity index (χ1v) is 8.43. The van der Waals surface area contributed by atoms with Crippen LogP contribution in [0.25, 0.3) is 0 Å². The molecule has 0 saturated carbocycles. The molecule has 24 heavy (non-hydrogen) atoms. The molecule has 2 aromatic rings. The van der Waals surface area contributed by atoms with Gasteiger partial charge in [-0.15, -0.1) is 11.3 Å². The fourth-order valence-electron chi connectivity index (χ4n) is 2.16. The molecule has 2 N–H and O–H groups in total. The van der Waals surface area contributed by atoms with E-state index in [1.54, 1.807) is 23.5 Å². The summed E-state index contributed by atoms with van der Waals surface area (Å²) < 4.78 is 0. The number of aromatic nitrogens is 1. The van der Waals surface area contributed by atoms with Crippen molar-refractivity contribution in [3.05, 3.63) is 50.0 Å². The Kier molecular flexibility index (Phi) is 5.50. The van der Waals surface area contributed by atoms with Gasteiger partial charge in [-0.3, -0.25) is 14.9 Å². The lowest BCUT2D eigenvalue weighted by Crippen LogP contribution is -2.18. The monoisotopic (exact) mass is 348 g/mol. The fourth-order valence-corrected chi connectivity index (χ4v) is 3.09. The van der Waals surface area contributed by atoms with Gasteiger partial charge in [-0.2, -0.15) is 0 Å². The van der Waals surface area contributed by atoms with Crippen molar-refractivity contribution in [3.8, 4) is 0 Å². The van der Waals surface area contributed by atoms with E-state index in [0.717, 1.165) is 10.7 Å². The third-order valence-corrected chi connectivity index (χ3v) is 4.70. The zero-order chi connectivity index (χ0) is 17.9. The van der Waals surface area contributed by atoms with E-state index >= 15 is 0 Å². The number of nitro groups is 1. The largest absolute Gasteiger partial charge is 0.371 e. The number of amides is 1. The second kappa shape index (κ2) is 7.39. The minimum atomic E-state index is -0.498. The summed E-state index contributed by atoms with van der Waals surface area (Å²) in [6.07, 6.45) is 0. The number of rotatable bonds is 6. The van der Waals surface area contributed by atoms with Gasteiger partial charge in [0, 0.05) is 30.0 Å². The van der Waals surface area contributed by atoms with Crippen LogP contribution in [0.2, 0.25) is 0 Å². The van der Waals surface area contributed by atoms with Gasteiger partial charge in [-0.25, -0.2) is 4.98 Å². The maximum absolute atomic E-state index is 11.6. The van der Waals surface area contributed by atoms with Gasteiger partial charge in [-0.05, 0) is 19.1 Å². The molecule has 8 heteroatoms. The fraction of sp³-hybridized carbons (Fsp3) is 0.375. The van der Waals surface area contributed by atoms with Gasteiger partial charge in [0.2, 0.25) is 0 Å². The molecule has 1 amide bonds. The molecule has 7 nitrogen and oxygen atoms in total. The van der Waals surface area contributed by atoms with Crippen LogP contribution in [-0.2, 0) is 0 Å². The van der Waals surface area contributed by atoms with Crippen LogP contribution in [0.5, 0.6) is 0 Å². The van der Waals surface area contributed by atoms with Gasteiger partial charge in [0.05, 0.1) is 21.7 Å². The van der Waals surface area contributed by atoms with Gasteiger partial charge in [0.15, 0.2) is 0 Å². The predicted molar refractivity (Wildman–Crippen MR) is 94.7 cm³/mol. The highest BCUT2D eigenvalue weighted by molar-refractivity contribution is 7.09. The Labute approximate surface area is 144 Å². The lowest BCUT2D eigenvalue weighted by molar-refractivity contribution is -0.384. The number of nitrogens with zero attached hydrogens (tertiary/aromatic N) is 2. The second-order valence-electron chi connectivity index (χ2n) is 5.70. The SMILES string of the molecule is CNC(=O)c1ccc(NC(C)c2csc(C(C)C)n2)c([N+](=O)[O-])c1. The van der Waals surface area contributed by atoms with E-state index in [-0.39, 0.29) is 23.2 Å². The lowest BCUT2D eigenvalue weighted by Gasteiger charge is -2.14. The standard InChI is InChI=1S/C16H20N4O3S/c1-9(2)16-19-13(8-24-16)10(3)18-12-6-5-11(15(21)17-4)7-14(12)20(22)23/h5-10,18H,1-4H3,(H,17,21). The van der Waals surface area contributed by atoms with Crippen molar-refractivity contribution in [2.45, 2.75) is 32.7 Å². The van der Waals surface area contributed by atoms with Gasteiger partial charge < -0.3 is 10.6 Å². The maximum atomic E-state index is 11.6. The van der Waals surface area contributed by atoms with Crippen molar-refractivity contribution < 1.29 is 9.72 Å². The average molecular weight is 348 g/mol. The first kappa shape index (κ1) is 17.9. The highest BCUT2D eigenvalue weighted by atomic mass is 32.1. The van der Waals surface area contributed by atoms with Gasteiger partial charge in [-0.1, -0.05) is 13.8 Å². The Morgan fingerprint density at radius 1 is 1.33 bits per heavy atom. The first-order chi connectivity index (χ1) is 11.3. The van der Waals surface area contributed by atoms with E-state index in [4.69, 9.17) is 0 Å². The topological polar surface area (TPSA) is 97.2 Å². The number of carbonyl (C=O) groups is 1. The van der Waals surface area contributed by atoms with Crippen molar-refractivity contribution >= 4 is 28.6 Å². The molecule has 0 spiro atoms. The number of nitrogens with one attached hydrogen (secondary N) is 2. The van der Waals surface area contributed by atoms with Crippen LogP contribution in [0, 0.1) is 10.1 Å². The number of hydrogen-bond acceptors (Lipinski definition) is 6. The number of carbonyl (C=O) groups excluding carboxylic acids is 1. The molecule has 1 aromatic carbocycles. The summed E-state index contributed by atoms with van der Waals surface area (Å²) >= 11 is 1.58. The normalized spacial score (nSPS) is 12.0. The van der Waals surface area contributed by atoms with Crippen molar-refractivity contribution in [1.29, 1.82) is 0 Å². The number of nitro benzene ring substituents is 1. The molecule has 1 aromatic heterocycles. The maximum Gasteiger partial charge on any atom is 0.293 e. The molecule has 0 fully saturated rings. The summed E-state index contributed by atoms with van der Waals surface area (Å²) in [7, 11) is 1.48. The number of thiazole rings is 1. The molecule has 0 aliphatic heterocycles. The highest BCUT2D eigenvalue weighted by Crippen LogP contribution is 2.30. The minimum Gasteiger partial charge on any atom is -0.371 e. The van der Waals surface area contributed by atoms with Crippen LogP contribution in [-0.4, -0.2) is 22.9 Å². The number of hydrogen-bond donors (Lipinski definition) is 2. The van der Waals surface area contributed by atoms with Gasteiger partial charge in [0.25, 0.3) is 11.6 Å². The summed E-state index contributed by atoms with van der Waals surface area (Å²) in [6.45, 7) is 6.04. The Bertz CT molecular complexity index is 758. The van der Waals surface area contributed by atoms with Gasteiger partial charge in [0.1, 0.15) is 5.69 Å². The Hall–Kier alpha value is -2.48. The van der Waals surface area contributed by atoms with Crippen LogP contribution in [0.15, 0.2) is 23.6 Å². The average Bonchev–Trinajstić information content (AvgIpc) is 3.04. The van der Waals surface area contributed by atoms with E-state index in [2.05, 4.69) is 29.5 Å². The first-order valence-electron chi connectivity index (χ1n) is 7.55. The number of benzene rings is 1. The number of anilines is 1. The molecule has 1 atom stereocenters. The molecular formula is C16H20N4O3S. The molecule has 1 unspecified atom stereocenters. The molecule has 2 rings (SSSR count). The Balaban J connectivity index is 2.27. The molecule has 0 aliphatic carbocycles. The third-order valence-electron chi connectivity index (χ3n) is 3.53. The molecule has 0 saturated heterocycles. The molecular weight excluding hydrogens is 328 g/mol. The molecule has 0 bridgehead atoms. The van der Waals surface area contributed by atoms with Crippen LogP contribution >= 0.6 is 11.3 Å². The zero-order valence-electron chi connectivity index (χ0n) is 14.0. The molecule has 0 radical (unpaired) electrons. The zero-order valence-corrected chi connectivity index (χ0v) is 14.8. The van der Waals surface area contributed by atoms with E-state index in [1.807, 2.05) is 12.3 Å². The molecule has 1 heterocycles. The van der Waals surface area contributed by atoms with Gasteiger partial charge >= 0.3 is 0 Å². The van der Waals surface area contributed by atoms with Crippen LogP contribution in [0.1, 0.15) is 53.8 Å². The van der Waals surface area contributed by atoms with E-state index in [1.165, 1.54) is 13.1 Å². The van der Waals surface area contributed by atoms with E-state index in [9.17, 15) is 14.9 Å². The van der Waals surface area contributed by atoms with Crippen molar-refractivity contribution in [1.82, 2.24) is 10.3 Å². The second-order valence-corrected chi connectivity index (χ2v) is 6.59. The van der Waals surface area contributed by atoms with Crippen molar-refractivity contribution in [2.24, 2.45) is 0 Å². The molecule has 0 aliphatic rings. The highest BCUT2D eigenvalue weighted by Gasteiger charge is 2.20. The van der Waals surface area contributed by atoms with Crippen molar-refractivity contribution in [2.75, 3.05) is 12.4 Å². The minimum absolute atomic E-state index is 0.137. The summed E-state index contributed by atoms with van der Waals surface area (Å²) in [5.74, 6) is -0.0177. The Morgan fingerprint density at radius 3 is 2.58 bits per heavy atom. The van der Waals surface area contributed by atoms with Crippen LogP contribution < -0.4 is 10.6 Å². The summed E-state index contributed by atoms with van der Waals surface area (Å²) in [5, 5.41) is 19.9. The van der Waals surface area contributed by atoms with E-state index < -0.39 is 4.92 Å². The predicted octanol–water partition coefficient (Wildman–Crippen LogP) is 3.71. The van der Waals surface area contributed by atoms with Crippen LogP contribution in [0.4, 0.5) is 11.4 Å². The van der Waals surface area contributed by atoms with E-state index in [0.29, 0.717) is 11.6 Å². The lowest BCUT2D eigenvalue weighted by atomic mass is 10.1. The quantitative estimate of drug-likeness (QED) is 0.613. The summed E-state index contributed by atoms with van der Waals surface area (Å²) in [4.78, 5) is 27.0. The third kappa shape index (κ3) is 3.88. The van der Waals surface area contributed by atoms with Crippen molar-refractivity contribution in [3.63, 3.8) is 0 Å². The summed E-state index contributed by atoms with van der Waals surface area (Å²) in [6, 6.07) is 4.20. The van der Waals surface area contributed by atoms with Crippen LogP contribution in [0.3, 0.4) is 0 Å². The summed E-state index contributed by atoms with van der Waals surface area (Å²) in [5.41, 5.74) is 1.31. The molecule has 128 valence electrons.